The first-order chi connectivity index (χ1) is 11.1. The van der Waals surface area contributed by atoms with Crippen molar-refractivity contribution in [3.05, 3.63) is 41.2 Å². The van der Waals surface area contributed by atoms with Crippen LogP contribution < -0.4 is 4.74 Å². The topological polar surface area (TPSA) is 47.4 Å². The number of methoxy groups -OCH3 is 1. The Morgan fingerprint density at radius 3 is 2.35 bits per heavy atom. The molecular weight excluding hydrogens is 290 g/mol. The fraction of sp³-hybridized carbons (Fsp3) is 0.444. The van der Waals surface area contributed by atoms with Gasteiger partial charge in [0.05, 0.1) is 29.7 Å². The molecule has 0 bridgehead atoms. The second kappa shape index (κ2) is 6.44. The van der Waals surface area contributed by atoms with E-state index in [0.29, 0.717) is 0 Å². The predicted molar refractivity (Wildman–Crippen MR) is 89.3 cm³/mol. The van der Waals surface area contributed by atoms with Gasteiger partial charge < -0.3 is 9.64 Å². The molecule has 0 aliphatic carbocycles. The molecule has 1 fully saturated rings. The lowest BCUT2D eigenvalue weighted by Crippen LogP contribution is -2.36. The van der Waals surface area contributed by atoms with E-state index in [1.807, 2.05) is 47.7 Å². The third-order valence-corrected chi connectivity index (χ3v) is 4.47. The van der Waals surface area contributed by atoms with Crippen LogP contribution in [0.3, 0.4) is 0 Å². The molecule has 1 aromatic carbocycles. The average molecular weight is 313 g/mol. The fourth-order valence-electron chi connectivity index (χ4n) is 3.18. The van der Waals surface area contributed by atoms with Crippen LogP contribution in [0.15, 0.2) is 24.3 Å². The standard InChI is InChI=1S/C18H23N3O2/c1-13-17(18(22)20-11-5-4-6-12-20)14(2)21(19-13)15-7-9-16(23-3)10-8-15/h7-10H,4-6,11-12H2,1-3H3. The molecular formula is C18H23N3O2. The van der Waals surface area contributed by atoms with Gasteiger partial charge in [0.25, 0.3) is 5.91 Å². The third kappa shape index (κ3) is 2.96. The molecule has 5 nitrogen and oxygen atoms in total. The summed E-state index contributed by atoms with van der Waals surface area (Å²) in [4.78, 5) is 14.8. The van der Waals surface area contributed by atoms with Gasteiger partial charge >= 0.3 is 0 Å². The molecule has 0 radical (unpaired) electrons. The van der Waals surface area contributed by atoms with E-state index in [0.717, 1.165) is 54.3 Å². The summed E-state index contributed by atoms with van der Waals surface area (Å²) in [5, 5.41) is 4.58. The molecule has 2 heterocycles. The van der Waals surface area contributed by atoms with Crippen LogP contribution in [0.5, 0.6) is 5.75 Å². The number of carbonyl (C=O) groups excluding carboxylic acids is 1. The summed E-state index contributed by atoms with van der Waals surface area (Å²) in [5.41, 5.74) is 3.35. The zero-order valence-corrected chi connectivity index (χ0v) is 14.0. The number of aromatic nitrogens is 2. The number of hydrogen-bond acceptors (Lipinski definition) is 3. The van der Waals surface area contributed by atoms with Crippen molar-refractivity contribution in [1.82, 2.24) is 14.7 Å². The first-order valence-electron chi connectivity index (χ1n) is 8.11. The lowest BCUT2D eigenvalue weighted by molar-refractivity contribution is 0.0723. The maximum absolute atomic E-state index is 12.8. The van der Waals surface area contributed by atoms with Gasteiger partial charge in [0.1, 0.15) is 5.75 Å². The van der Waals surface area contributed by atoms with Gasteiger partial charge in [-0.15, -0.1) is 0 Å². The van der Waals surface area contributed by atoms with Crippen LogP contribution in [-0.4, -0.2) is 40.8 Å². The second-order valence-corrected chi connectivity index (χ2v) is 6.01. The number of piperidine rings is 1. The van der Waals surface area contributed by atoms with Gasteiger partial charge in [-0.1, -0.05) is 0 Å². The molecule has 3 rings (SSSR count). The molecule has 0 N–H and O–H groups in total. The first kappa shape index (κ1) is 15.6. The maximum atomic E-state index is 12.8. The Morgan fingerprint density at radius 2 is 1.74 bits per heavy atom. The van der Waals surface area contributed by atoms with Crippen LogP contribution in [0.25, 0.3) is 5.69 Å². The number of likely N-dealkylation sites (tertiary alicyclic amines) is 1. The van der Waals surface area contributed by atoms with Gasteiger partial charge in [-0.05, 0) is 57.4 Å². The summed E-state index contributed by atoms with van der Waals surface area (Å²) in [5.74, 6) is 0.916. The third-order valence-electron chi connectivity index (χ3n) is 4.47. The Bertz CT molecular complexity index is 698. The quantitative estimate of drug-likeness (QED) is 0.874. The molecule has 0 spiro atoms. The number of rotatable bonds is 3. The van der Waals surface area contributed by atoms with Gasteiger partial charge in [0.2, 0.25) is 0 Å². The van der Waals surface area contributed by atoms with Crippen LogP contribution in [-0.2, 0) is 0 Å². The molecule has 122 valence electrons. The molecule has 1 aliphatic rings. The Morgan fingerprint density at radius 1 is 1.09 bits per heavy atom. The second-order valence-electron chi connectivity index (χ2n) is 6.01. The summed E-state index contributed by atoms with van der Waals surface area (Å²) >= 11 is 0. The zero-order chi connectivity index (χ0) is 16.4. The summed E-state index contributed by atoms with van der Waals surface area (Å²) < 4.78 is 7.03. The Hall–Kier alpha value is -2.30. The highest BCUT2D eigenvalue weighted by Gasteiger charge is 2.25. The van der Waals surface area contributed by atoms with Crippen LogP contribution in [0, 0.1) is 13.8 Å². The highest BCUT2D eigenvalue weighted by atomic mass is 16.5. The minimum absolute atomic E-state index is 0.111. The van der Waals surface area contributed by atoms with E-state index >= 15 is 0 Å². The Labute approximate surface area is 136 Å². The van der Waals surface area contributed by atoms with Crippen LogP contribution in [0.4, 0.5) is 0 Å². The zero-order valence-electron chi connectivity index (χ0n) is 14.0. The smallest absolute Gasteiger partial charge is 0.257 e. The average Bonchev–Trinajstić information content (AvgIpc) is 2.89. The van der Waals surface area contributed by atoms with Crippen molar-refractivity contribution >= 4 is 5.91 Å². The van der Waals surface area contributed by atoms with Crippen molar-refractivity contribution in [3.63, 3.8) is 0 Å². The number of benzene rings is 1. The Kier molecular flexibility index (Phi) is 4.37. The number of carbonyl (C=O) groups is 1. The molecule has 0 saturated carbocycles. The van der Waals surface area contributed by atoms with Crippen molar-refractivity contribution in [2.24, 2.45) is 0 Å². The van der Waals surface area contributed by atoms with E-state index in [-0.39, 0.29) is 5.91 Å². The van der Waals surface area contributed by atoms with E-state index in [9.17, 15) is 4.79 Å². The van der Waals surface area contributed by atoms with Crippen molar-refractivity contribution in [2.45, 2.75) is 33.1 Å². The van der Waals surface area contributed by atoms with E-state index in [4.69, 9.17) is 4.74 Å². The highest BCUT2D eigenvalue weighted by molar-refractivity contribution is 5.96. The van der Waals surface area contributed by atoms with Crippen molar-refractivity contribution in [2.75, 3.05) is 20.2 Å². The summed E-state index contributed by atoms with van der Waals surface area (Å²) in [6.45, 7) is 5.57. The molecule has 1 saturated heterocycles. The lowest BCUT2D eigenvalue weighted by atomic mass is 10.1. The summed E-state index contributed by atoms with van der Waals surface area (Å²) in [6.07, 6.45) is 3.40. The molecule has 2 aromatic rings. The number of amides is 1. The number of hydrogen-bond donors (Lipinski definition) is 0. The predicted octanol–water partition coefficient (Wildman–Crippen LogP) is 3.12. The largest absolute Gasteiger partial charge is 0.497 e. The number of nitrogens with zero attached hydrogens (tertiary/aromatic N) is 3. The Balaban J connectivity index is 1.93. The SMILES string of the molecule is COc1ccc(-n2nc(C)c(C(=O)N3CCCCC3)c2C)cc1. The summed E-state index contributed by atoms with van der Waals surface area (Å²) in [7, 11) is 1.65. The van der Waals surface area contributed by atoms with Crippen molar-refractivity contribution < 1.29 is 9.53 Å². The molecule has 0 atom stereocenters. The molecule has 1 amide bonds. The van der Waals surface area contributed by atoms with E-state index in [2.05, 4.69) is 5.10 Å². The van der Waals surface area contributed by atoms with E-state index in [1.54, 1.807) is 7.11 Å². The van der Waals surface area contributed by atoms with Crippen LogP contribution >= 0.6 is 0 Å². The van der Waals surface area contributed by atoms with Gasteiger partial charge in [0, 0.05) is 13.1 Å². The maximum Gasteiger partial charge on any atom is 0.257 e. The number of aryl methyl sites for hydroxylation is 1. The fourth-order valence-corrected chi connectivity index (χ4v) is 3.18. The van der Waals surface area contributed by atoms with Gasteiger partial charge in [0.15, 0.2) is 0 Å². The minimum Gasteiger partial charge on any atom is -0.497 e. The molecule has 1 aromatic heterocycles. The molecule has 23 heavy (non-hydrogen) atoms. The first-order valence-corrected chi connectivity index (χ1v) is 8.11. The van der Waals surface area contributed by atoms with Gasteiger partial charge in [-0.25, -0.2) is 4.68 Å². The highest BCUT2D eigenvalue weighted by Crippen LogP contribution is 2.22. The normalized spacial score (nSPS) is 14.8. The van der Waals surface area contributed by atoms with Crippen LogP contribution in [0.1, 0.15) is 41.0 Å². The van der Waals surface area contributed by atoms with E-state index < -0.39 is 0 Å². The monoisotopic (exact) mass is 313 g/mol. The van der Waals surface area contributed by atoms with Crippen molar-refractivity contribution in [3.8, 4) is 11.4 Å². The number of ether oxygens (including phenoxy) is 1. The molecule has 1 aliphatic heterocycles. The molecule has 0 unspecified atom stereocenters. The van der Waals surface area contributed by atoms with Crippen LogP contribution in [0.2, 0.25) is 0 Å². The van der Waals surface area contributed by atoms with Gasteiger partial charge in [-0.3, -0.25) is 4.79 Å². The minimum atomic E-state index is 0.111. The molecule has 5 heteroatoms. The van der Waals surface area contributed by atoms with E-state index in [1.165, 1.54) is 6.42 Å². The lowest BCUT2D eigenvalue weighted by Gasteiger charge is -2.26. The van der Waals surface area contributed by atoms with Gasteiger partial charge in [-0.2, -0.15) is 5.10 Å². The summed E-state index contributed by atoms with van der Waals surface area (Å²) in [6, 6.07) is 7.71. The van der Waals surface area contributed by atoms with Crippen molar-refractivity contribution in [1.29, 1.82) is 0 Å².